The highest BCUT2D eigenvalue weighted by Crippen LogP contribution is 2.49. The monoisotopic (exact) mass is 268 g/mol. The van der Waals surface area contributed by atoms with Crippen molar-refractivity contribution in [1.29, 1.82) is 0 Å². The molecule has 1 atom stereocenters. The van der Waals surface area contributed by atoms with E-state index in [1.807, 2.05) is 18.2 Å². The molecule has 0 spiro atoms. The summed E-state index contributed by atoms with van der Waals surface area (Å²) in [7, 11) is -3.25. The number of rotatable bonds is 5. The summed E-state index contributed by atoms with van der Waals surface area (Å²) in [6.45, 7) is 4.39. The zero-order valence-electron chi connectivity index (χ0n) is 11.0. The molecule has 2 rings (SSSR count). The fourth-order valence-electron chi connectivity index (χ4n) is 1.94. The van der Waals surface area contributed by atoms with Crippen LogP contribution in [0.5, 0.6) is 0 Å². The summed E-state index contributed by atoms with van der Waals surface area (Å²) in [6.07, 6.45) is 3.61. The lowest BCUT2D eigenvalue weighted by Gasteiger charge is -2.23. The normalized spacial score (nSPS) is 19.1. The summed E-state index contributed by atoms with van der Waals surface area (Å²) in [5, 5.41) is 3.41. The largest absolute Gasteiger partial charge is 0.380 e. The van der Waals surface area contributed by atoms with Crippen LogP contribution in [0, 0.1) is 5.41 Å². The Morgan fingerprint density at radius 1 is 1.22 bits per heavy atom. The molecule has 18 heavy (non-hydrogen) atoms. The molecule has 1 fully saturated rings. The predicted molar refractivity (Wildman–Crippen MR) is 75.3 cm³/mol. The molecule has 2 N–H and O–H groups in total. The van der Waals surface area contributed by atoms with E-state index in [0.29, 0.717) is 17.1 Å². The minimum absolute atomic E-state index is 0.333. The maximum atomic E-state index is 11.3. The number of anilines is 2. The van der Waals surface area contributed by atoms with E-state index >= 15 is 0 Å². The fourth-order valence-corrected chi connectivity index (χ4v) is 2.51. The second-order valence-corrected chi connectivity index (χ2v) is 7.19. The smallest absolute Gasteiger partial charge is 0.229 e. The van der Waals surface area contributed by atoms with Crippen molar-refractivity contribution in [3.05, 3.63) is 24.3 Å². The molecule has 0 aliphatic heterocycles. The van der Waals surface area contributed by atoms with E-state index in [9.17, 15) is 8.42 Å². The van der Waals surface area contributed by atoms with E-state index in [2.05, 4.69) is 23.9 Å². The van der Waals surface area contributed by atoms with E-state index in [1.54, 1.807) is 6.07 Å². The summed E-state index contributed by atoms with van der Waals surface area (Å²) in [5.74, 6) is 0. The number of benzene rings is 1. The van der Waals surface area contributed by atoms with Gasteiger partial charge < -0.3 is 5.32 Å². The van der Waals surface area contributed by atoms with Crippen LogP contribution < -0.4 is 10.0 Å². The Bertz CT molecular complexity index is 536. The van der Waals surface area contributed by atoms with Crippen molar-refractivity contribution < 1.29 is 8.42 Å². The standard InChI is InChI=1S/C13H20N2O2S/c1-10(13(2)8-9-13)14-11-6-4-5-7-12(11)15-18(3,16)17/h4-7,10,14-15H,8-9H2,1-3H3. The minimum Gasteiger partial charge on any atom is -0.380 e. The summed E-state index contributed by atoms with van der Waals surface area (Å²) in [4.78, 5) is 0. The van der Waals surface area contributed by atoms with Crippen molar-refractivity contribution in [3.8, 4) is 0 Å². The lowest BCUT2D eigenvalue weighted by atomic mass is 10.0. The summed E-state index contributed by atoms with van der Waals surface area (Å²) in [6, 6.07) is 7.72. The van der Waals surface area contributed by atoms with Gasteiger partial charge in [0.1, 0.15) is 0 Å². The molecule has 0 heterocycles. The molecule has 1 aliphatic carbocycles. The van der Waals surface area contributed by atoms with Gasteiger partial charge in [-0.15, -0.1) is 0 Å². The topological polar surface area (TPSA) is 58.2 Å². The van der Waals surface area contributed by atoms with Crippen molar-refractivity contribution in [2.24, 2.45) is 5.41 Å². The van der Waals surface area contributed by atoms with Gasteiger partial charge in [0.15, 0.2) is 0 Å². The van der Waals surface area contributed by atoms with Crippen molar-refractivity contribution in [2.75, 3.05) is 16.3 Å². The maximum Gasteiger partial charge on any atom is 0.229 e. The van der Waals surface area contributed by atoms with Crippen LogP contribution in [0.25, 0.3) is 0 Å². The van der Waals surface area contributed by atoms with Gasteiger partial charge >= 0.3 is 0 Å². The van der Waals surface area contributed by atoms with E-state index < -0.39 is 10.0 Å². The number of hydrogen-bond acceptors (Lipinski definition) is 3. The zero-order valence-corrected chi connectivity index (χ0v) is 11.8. The highest BCUT2D eigenvalue weighted by atomic mass is 32.2. The first-order valence-electron chi connectivity index (χ1n) is 6.13. The van der Waals surface area contributed by atoms with Crippen molar-refractivity contribution in [3.63, 3.8) is 0 Å². The third-order valence-corrected chi connectivity index (χ3v) is 4.27. The zero-order chi connectivity index (χ0) is 13.4. The lowest BCUT2D eigenvalue weighted by molar-refractivity contribution is 0.493. The van der Waals surface area contributed by atoms with Gasteiger partial charge in [-0.2, -0.15) is 0 Å². The van der Waals surface area contributed by atoms with Crippen LogP contribution in [0.15, 0.2) is 24.3 Å². The molecule has 0 bridgehead atoms. The predicted octanol–water partition coefficient (Wildman–Crippen LogP) is 2.66. The van der Waals surface area contributed by atoms with Gasteiger partial charge in [0.25, 0.3) is 0 Å². The first-order valence-corrected chi connectivity index (χ1v) is 8.03. The SMILES string of the molecule is CC(Nc1ccccc1NS(C)(=O)=O)C1(C)CC1. The summed E-state index contributed by atoms with van der Waals surface area (Å²) in [5.41, 5.74) is 1.79. The van der Waals surface area contributed by atoms with Crippen LogP contribution in [-0.2, 0) is 10.0 Å². The Labute approximate surface area is 109 Å². The highest BCUT2D eigenvalue weighted by Gasteiger charge is 2.42. The molecule has 0 radical (unpaired) electrons. The number of hydrogen-bond donors (Lipinski definition) is 2. The van der Waals surface area contributed by atoms with Crippen LogP contribution in [0.3, 0.4) is 0 Å². The van der Waals surface area contributed by atoms with Gasteiger partial charge in [-0.1, -0.05) is 19.1 Å². The minimum atomic E-state index is -3.25. The molecule has 0 amide bonds. The molecule has 5 heteroatoms. The van der Waals surface area contributed by atoms with E-state index in [-0.39, 0.29) is 0 Å². The van der Waals surface area contributed by atoms with Crippen LogP contribution >= 0.6 is 0 Å². The molecule has 0 saturated heterocycles. The number of nitrogens with one attached hydrogen (secondary N) is 2. The molecule has 1 saturated carbocycles. The Kier molecular flexibility index (Phi) is 3.27. The number of sulfonamides is 1. The second kappa shape index (κ2) is 4.46. The van der Waals surface area contributed by atoms with Crippen LogP contribution in [0.4, 0.5) is 11.4 Å². The van der Waals surface area contributed by atoms with E-state index in [1.165, 1.54) is 12.8 Å². The Morgan fingerprint density at radius 3 is 2.28 bits per heavy atom. The third-order valence-electron chi connectivity index (χ3n) is 3.68. The molecule has 1 aliphatic rings. The van der Waals surface area contributed by atoms with Gasteiger partial charge in [-0.05, 0) is 37.3 Å². The first kappa shape index (κ1) is 13.2. The molecule has 1 aromatic rings. The van der Waals surface area contributed by atoms with Crippen molar-refractivity contribution in [2.45, 2.75) is 32.7 Å². The van der Waals surface area contributed by atoms with Crippen molar-refractivity contribution >= 4 is 21.4 Å². The second-order valence-electron chi connectivity index (χ2n) is 5.44. The molecule has 4 nitrogen and oxygen atoms in total. The molecule has 1 unspecified atom stereocenters. The molecule has 0 aromatic heterocycles. The van der Waals surface area contributed by atoms with Crippen molar-refractivity contribution in [1.82, 2.24) is 0 Å². The average Bonchev–Trinajstić information content (AvgIpc) is 2.99. The Balaban J connectivity index is 2.17. The summed E-state index contributed by atoms with van der Waals surface area (Å²) >= 11 is 0. The Hall–Kier alpha value is -1.23. The highest BCUT2D eigenvalue weighted by molar-refractivity contribution is 7.92. The lowest BCUT2D eigenvalue weighted by Crippen LogP contribution is -2.25. The first-order chi connectivity index (χ1) is 8.30. The van der Waals surface area contributed by atoms with Gasteiger partial charge in [-0.3, -0.25) is 4.72 Å². The molecular formula is C13H20N2O2S. The maximum absolute atomic E-state index is 11.3. The van der Waals surface area contributed by atoms with Crippen LogP contribution in [-0.4, -0.2) is 20.7 Å². The van der Waals surface area contributed by atoms with Gasteiger partial charge in [-0.25, -0.2) is 8.42 Å². The molecule has 1 aromatic carbocycles. The third kappa shape index (κ3) is 3.16. The van der Waals surface area contributed by atoms with Gasteiger partial charge in [0, 0.05) is 6.04 Å². The molecule has 100 valence electrons. The van der Waals surface area contributed by atoms with Gasteiger partial charge in [0.2, 0.25) is 10.0 Å². The van der Waals surface area contributed by atoms with E-state index in [4.69, 9.17) is 0 Å². The van der Waals surface area contributed by atoms with Crippen LogP contribution in [0.2, 0.25) is 0 Å². The molecular weight excluding hydrogens is 248 g/mol. The quantitative estimate of drug-likeness (QED) is 0.863. The Morgan fingerprint density at radius 2 is 1.78 bits per heavy atom. The number of para-hydroxylation sites is 2. The fraction of sp³-hybridized carbons (Fsp3) is 0.538. The van der Waals surface area contributed by atoms with Crippen LogP contribution in [0.1, 0.15) is 26.7 Å². The summed E-state index contributed by atoms with van der Waals surface area (Å²) < 4.78 is 25.2. The van der Waals surface area contributed by atoms with Gasteiger partial charge in [0.05, 0.1) is 17.6 Å². The average molecular weight is 268 g/mol. The van der Waals surface area contributed by atoms with E-state index in [0.717, 1.165) is 11.9 Å².